The molecule has 4 atom stereocenters. The Balaban J connectivity index is 1.28. The number of ether oxygens (including phenoxy) is 2. The average Bonchev–Trinajstić information content (AvgIpc) is 4.02. The first-order chi connectivity index (χ1) is 27.0. The van der Waals surface area contributed by atoms with Gasteiger partial charge >= 0.3 is 0 Å². The number of para-hydroxylation sites is 1. The smallest absolute Gasteiger partial charge is 0.249 e. The van der Waals surface area contributed by atoms with Crippen LogP contribution >= 0.6 is 0 Å². The molecule has 0 saturated heterocycles. The summed E-state index contributed by atoms with van der Waals surface area (Å²) < 4.78 is 28.6. The molecule has 10 bridgehead atoms. The number of ketones is 1. The Morgan fingerprint density at radius 1 is 1.07 bits per heavy atom. The molecule has 1 unspecified atom stereocenters. The number of aryl methyl sites for hydroxylation is 1. The number of hydrogen-bond acceptors (Lipinski definition) is 10. The molecule has 4 aliphatic heterocycles. The van der Waals surface area contributed by atoms with Crippen molar-refractivity contribution in [3.63, 3.8) is 0 Å². The molecule has 0 aliphatic carbocycles. The van der Waals surface area contributed by atoms with Gasteiger partial charge in [0.05, 0.1) is 18.8 Å². The van der Waals surface area contributed by atoms with Crippen LogP contribution in [0.1, 0.15) is 81.3 Å². The van der Waals surface area contributed by atoms with E-state index in [0.717, 1.165) is 55.7 Å². The Kier molecular flexibility index (Phi) is 7.45. The minimum Gasteiger partial charge on any atom is -0.495 e. The maximum absolute atomic E-state index is 14.4. The second-order valence-electron chi connectivity index (χ2n) is 16.0. The molecule has 4 aliphatic rings. The molecule has 0 radical (unpaired) electrons. The number of nitrogens with one attached hydrogen (secondary N) is 2. The minimum absolute atomic E-state index is 0.123. The van der Waals surface area contributed by atoms with E-state index in [4.69, 9.17) is 28.3 Å². The van der Waals surface area contributed by atoms with E-state index in [0.29, 0.717) is 23.0 Å². The number of carbonyl (C=O) groups is 2. The molecule has 1 amide bonds. The number of Topliss-reactive ketones (excluding diaryl/α,β-unsaturated/α-hetero) is 1. The van der Waals surface area contributed by atoms with Crippen LogP contribution in [0.2, 0.25) is 0 Å². The van der Waals surface area contributed by atoms with Crippen molar-refractivity contribution in [2.45, 2.75) is 76.7 Å². The van der Waals surface area contributed by atoms with Gasteiger partial charge in [0, 0.05) is 58.9 Å². The summed E-state index contributed by atoms with van der Waals surface area (Å²) in [5, 5.41) is 19.2. The van der Waals surface area contributed by atoms with Crippen LogP contribution in [0.3, 0.4) is 0 Å². The van der Waals surface area contributed by atoms with Gasteiger partial charge in [-0.2, -0.15) is 0 Å². The molecule has 1 spiro atoms. The van der Waals surface area contributed by atoms with Gasteiger partial charge < -0.3 is 38.6 Å². The number of carbonyl (C=O) groups excluding carboxylic acids is 2. The van der Waals surface area contributed by atoms with Gasteiger partial charge in [-0.1, -0.05) is 58.0 Å². The molecule has 56 heavy (non-hydrogen) atoms. The number of nitrogens with zero attached hydrogens (tertiary/aromatic N) is 3. The highest BCUT2D eigenvalue weighted by atomic mass is 16.5. The summed E-state index contributed by atoms with van der Waals surface area (Å²) in [6, 6.07) is 15.6. The second kappa shape index (κ2) is 12.1. The standard InChI is InChI=1S/C44H43N5O7/c1-7-43(52,8-2)32(50)18-23-16-22-12-14-29-28(17-22)44-27-11-9-10-25(35(27)48-42(44)55-29)24-13-15-30(53-6)37-33(24)26(20-49(37)5)31-19-45-40(54-31)36-38(44)56-41(47-36)34(21(3)4)46-39(23)51/h9-15,17,19-21,23,34,42,48,52H,7-8,16,18H2,1-6H3,(H,46,51)/t23-,34+,42+,44?/m1/s1. The van der Waals surface area contributed by atoms with E-state index in [1.807, 2.05) is 49.9 Å². The Bertz CT molecular complexity index is 2630. The zero-order valence-corrected chi connectivity index (χ0v) is 32.1. The van der Waals surface area contributed by atoms with Gasteiger partial charge in [-0.15, -0.1) is 0 Å². The Morgan fingerprint density at radius 2 is 1.89 bits per heavy atom. The zero-order valence-electron chi connectivity index (χ0n) is 32.1. The van der Waals surface area contributed by atoms with E-state index in [9.17, 15) is 14.7 Å². The summed E-state index contributed by atoms with van der Waals surface area (Å²) in [5.74, 6) is 1.38. The number of methoxy groups -OCH3 is 1. The third kappa shape index (κ3) is 4.56. The van der Waals surface area contributed by atoms with Crippen LogP contribution < -0.4 is 20.1 Å². The molecule has 12 heteroatoms. The molecule has 0 saturated carbocycles. The van der Waals surface area contributed by atoms with E-state index in [-0.39, 0.29) is 55.1 Å². The van der Waals surface area contributed by atoms with E-state index >= 15 is 0 Å². The third-order valence-corrected chi connectivity index (χ3v) is 12.6. The van der Waals surface area contributed by atoms with Gasteiger partial charge in [0.15, 0.2) is 29.2 Å². The maximum atomic E-state index is 14.4. The molecule has 12 nitrogen and oxygen atoms in total. The fourth-order valence-electron chi connectivity index (χ4n) is 9.52. The van der Waals surface area contributed by atoms with E-state index in [2.05, 4.69) is 41.0 Å². The molecule has 10 rings (SSSR count). The molecule has 6 aromatic rings. The highest BCUT2D eigenvalue weighted by Gasteiger charge is 2.61. The third-order valence-electron chi connectivity index (χ3n) is 12.6. The van der Waals surface area contributed by atoms with Gasteiger partial charge in [-0.3, -0.25) is 9.59 Å². The van der Waals surface area contributed by atoms with Crippen molar-refractivity contribution >= 4 is 28.3 Å². The van der Waals surface area contributed by atoms with Crippen LogP contribution in [-0.2, 0) is 28.5 Å². The Labute approximate surface area is 323 Å². The van der Waals surface area contributed by atoms with Crippen molar-refractivity contribution in [1.82, 2.24) is 19.9 Å². The number of aromatic nitrogens is 3. The van der Waals surface area contributed by atoms with Crippen LogP contribution in [0.5, 0.6) is 11.5 Å². The van der Waals surface area contributed by atoms with Gasteiger partial charge in [0.2, 0.25) is 17.7 Å². The topological polar surface area (TPSA) is 154 Å². The predicted molar refractivity (Wildman–Crippen MR) is 208 cm³/mol. The predicted octanol–water partition coefficient (Wildman–Crippen LogP) is 7.45. The molecule has 7 heterocycles. The van der Waals surface area contributed by atoms with Crippen LogP contribution in [-0.4, -0.2) is 50.3 Å². The van der Waals surface area contributed by atoms with Crippen molar-refractivity contribution in [2.24, 2.45) is 18.9 Å². The molecule has 3 N–H and O–H groups in total. The molecule has 0 fully saturated rings. The van der Waals surface area contributed by atoms with Gasteiger partial charge in [-0.05, 0) is 54.5 Å². The monoisotopic (exact) mass is 753 g/mol. The molecular formula is C44H43N5O7. The van der Waals surface area contributed by atoms with E-state index in [1.54, 1.807) is 27.2 Å². The lowest BCUT2D eigenvalue weighted by atomic mass is 9.72. The lowest BCUT2D eigenvalue weighted by Gasteiger charge is -2.29. The number of amides is 1. The van der Waals surface area contributed by atoms with Crippen molar-refractivity contribution in [3.8, 4) is 45.5 Å². The molecular weight excluding hydrogens is 711 g/mol. The summed E-state index contributed by atoms with van der Waals surface area (Å²) in [6.45, 7) is 7.56. The number of oxazole rings is 2. The lowest BCUT2D eigenvalue weighted by molar-refractivity contribution is -0.141. The fraction of sp³-hybridized carbons (Fsp3) is 0.364. The van der Waals surface area contributed by atoms with Crippen LogP contribution in [0.25, 0.3) is 44.9 Å². The highest BCUT2D eigenvalue weighted by molar-refractivity contribution is 6.10. The number of benzene rings is 3. The van der Waals surface area contributed by atoms with E-state index in [1.165, 1.54) is 0 Å². The fourth-order valence-corrected chi connectivity index (χ4v) is 9.52. The SMILES string of the molecule is CCC(O)(CC)C(=O)C[C@H]1Cc2ccc3c(c2)C24c5cccc(c5N[C@H]2O3)-c2ccc(OC)c3c2c(cn3C)-c2cnc(o2)-c2nc(oc24)[C@H](C(C)C)NC1=O. The quantitative estimate of drug-likeness (QED) is 0.150. The number of aliphatic hydroxyl groups is 1. The normalized spacial score (nSPS) is 21.5. The number of anilines is 1. The first-order valence-corrected chi connectivity index (χ1v) is 19.4. The van der Waals surface area contributed by atoms with Gasteiger partial charge in [0.25, 0.3) is 0 Å². The van der Waals surface area contributed by atoms with Crippen molar-refractivity contribution in [2.75, 3.05) is 12.4 Å². The van der Waals surface area contributed by atoms with E-state index < -0.39 is 29.2 Å². The minimum atomic E-state index is -1.51. The molecule has 3 aromatic carbocycles. The highest BCUT2D eigenvalue weighted by Crippen LogP contribution is 2.61. The first-order valence-electron chi connectivity index (χ1n) is 19.4. The number of hydrogen-bond donors (Lipinski definition) is 3. The van der Waals surface area contributed by atoms with Crippen molar-refractivity contribution in [3.05, 3.63) is 89.3 Å². The van der Waals surface area contributed by atoms with Crippen LogP contribution in [0.15, 0.2) is 69.8 Å². The Hall–Kier alpha value is -5.88. The van der Waals surface area contributed by atoms with Gasteiger partial charge in [-0.25, -0.2) is 9.97 Å². The molecule has 286 valence electrons. The average molecular weight is 754 g/mol. The van der Waals surface area contributed by atoms with Crippen molar-refractivity contribution < 1.29 is 33.0 Å². The first kappa shape index (κ1) is 34.6. The van der Waals surface area contributed by atoms with Crippen LogP contribution in [0.4, 0.5) is 5.69 Å². The Morgan fingerprint density at radius 3 is 2.66 bits per heavy atom. The number of rotatable bonds is 7. The van der Waals surface area contributed by atoms with Gasteiger partial charge in [0.1, 0.15) is 28.6 Å². The summed E-state index contributed by atoms with van der Waals surface area (Å²) in [5.41, 5.74) is 5.01. The maximum Gasteiger partial charge on any atom is 0.249 e. The lowest BCUT2D eigenvalue weighted by Crippen LogP contribution is -2.43. The largest absolute Gasteiger partial charge is 0.495 e. The second-order valence-corrected chi connectivity index (χ2v) is 16.0. The summed E-state index contributed by atoms with van der Waals surface area (Å²) in [7, 11) is 3.66. The molecule has 3 aromatic heterocycles. The van der Waals surface area contributed by atoms with Crippen molar-refractivity contribution in [1.29, 1.82) is 0 Å². The summed E-state index contributed by atoms with van der Waals surface area (Å²) in [4.78, 5) is 38.1. The zero-order chi connectivity index (χ0) is 38.8. The number of fused-ring (bicyclic) bond motifs is 7. The summed E-state index contributed by atoms with van der Waals surface area (Å²) in [6.07, 6.45) is 3.76. The summed E-state index contributed by atoms with van der Waals surface area (Å²) >= 11 is 0. The van der Waals surface area contributed by atoms with Crippen LogP contribution in [0, 0.1) is 11.8 Å².